The summed E-state index contributed by atoms with van der Waals surface area (Å²) >= 11 is 1.79. The number of nitrogens with zero attached hydrogens (tertiary/aromatic N) is 1. The van der Waals surface area contributed by atoms with E-state index >= 15 is 0 Å². The number of hydrogen-bond acceptors (Lipinski definition) is 2. The van der Waals surface area contributed by atoms with Gasteiger partial charge >= 0.3 is 0 Å². The third kappa shape index (κ3) is 3.70. The van der Waals surface area contributed by atoms with Crippen LogP contribution in [0.3, 0.4) is 0 Å². The van der Waals surface area contributed by atoms with Crippen LogP contribution in [0, 0.1) is 0 Å². The molecular formula is C23H19NS. The van der Waals surface area contributed by atoms with Gasteiger partial charge in [-0.2, -0.15) is 0 Å². The SMILES string of the molecule is c1ccc(-c2cnc(CC(c3ccccc3)c3ccccc3)s2)cc1. The largest absolute Gasteiger partial charge is 0.249 e. The second-order valence-corrected chi connectivity index (χ2v) is 7.18. The first kappa shape index (κ1) is 15.8. The van der Waals surface area contributed by atoms with E-state index in [9.17, 15) is 0 Å². The molecule has 0 fully saturated rings. The molecule has 4 rings (SSSR count). The van der Waals surface area contributed by atoms with E-state index in [1.165, 1.54) is 26.6 Å². The zero-order valence-electron chi connectivity index (χ0n) is 13.9. The molecule has 1 aromatic heterocycles. The number of benzene rings is 3. The van der Waals surface area contributed by atoms with E-state index in [0.717, 1.165) is 6.42 Å². The Kier molecular flexibility index (Phi) is 4.71. The highest BCUT2D eigenvalue weighted by atomic mass is 32.1. The van der Waals surface area contributed by atoms with Crippen molar-refractivity contribution in [3.05, 3.63) is 113 Å². The zero-order valence-corrected chi connectivity index (χ0v) is 14.7. The van der Waals surface area contributed by atoms with Crippen LogP contribution in [0.5, 0.6) is 0 Å². The van der Waals surface area contributed by atoms with Crippen LogP contribution < -0.4 is 0 Å². The summed E-state index contributed by atoms with van der Waals surface area (Å²) in [5.41, 5.74) is 3.91. The van der Waals surface area contributed by atoms with Gasteiger partial charge in [-0.25, -0.2) is 4.98 Å². The van der Waals surface area contributed by atoms with E-state index in [1.54, 1.807) is 11.3 Å². The Morgan fingerprint density at radius 3 is 1.76 bits per heavy atom. The smallest absolute Gasteiger partial charge is 0.0940 e. The van der Waals surface area contributed by atoms with Crippen molar-refractivity contribution in [1.29, 1.82) is 0 Å². The second kappa shape index (κ2) is 7.45. The average Bonchev–Trinajstić information content (AvgIpc) is 3.17. The molecule has 0 atom stereocenters. The highest BCUT2D eigenvalue weighted by Crippen LogP contribution is 2.32. The number of thiazole rings is 1. The van der Waals surface area contributed by atoms with E-state index in [4.69, 9.17) is 4.98 Å². The van der Waals surface area contributed by atoms with Crippen molar-refractivity contribution in [2.75, 3.05) is 0 Å². The van der Waals surface area contributed by atoms with E-state index < -0.39 is 0 Å². The van der Waals surface area contributed by atoms with Crippen LogP contribution in [0.2, 0.25) is 0 Å². The predicted molar refractivity (Wildman–Crippen MR) is 106 cm³/mol. The number of hydrogen-bond donors (Lipinski definition) is 0. The Hall–Kier alpha value is -2.71. The molecule has 4 aromatic rings. The van der Waals surface area contributed by atoms with Gasteiger partial charge in [0.1, 0.15) is 0 Å². The molecule has 0 bridgehead atoms. The van der Waals surface area contributed by atoms with Crippen molar-refractivity contribution in [2.24, 2.45) is 0 Å². The van der Waals surface area contributed by atoms with E-state index in [1.807, 2.05) is 12.3 Å². The molecule has 3 aromatic carbocycles. The minimum absolute atomic E-state index is 0.331. The lowest BCUT2D eigenvalue weighted by molar-refractivity contribution is 0.799. The summed E-state index contributed by atoms with van der Waals surface area (Å²) in [5.74, 6) is 0.331. The normalized spacial score (nSPS) is 10.9. The molecule has 2 heteroatoms. The summed E-state index contributed by atoms with van der Waals surface area (Å²) in [4.78, 5) is 5.93. The van der Waals surface area contributed by atoms with Crippen molar-refractivity contribution in [3.63, 3.8) is 0 Å². The van der Waals surface area contributed by atoms with E-state index in [-0.39, 0.29) is 0 Å². The van der Waals surface area contributed by atoms with Crippen molar-refractivity contribution in [2.45, 2.75) is 12.3 Å². The Morgan fingerprint density at radius 2 is 1.20 bits per heavy atom. The van der Waals surface area contributed by atoms with Gasteiger partial charge in [0, 0.05) is 18.5 Å². The van der Waals surface area contributed by atoms with Gasteiger partial charge in [-0.05, 0) is 16.7 Å². The maximum Gasteiger partial charge on any atom is 0.0940 e. The fourth-order valence-electron chi connectivity index (χ4n) is 3.11. The first-order valence-electron chi connectivity index (χ1n) is 8.50. The van der Waals surface area contributed by atoms with Crippen LogP contribution in [0.15, 0.2) is 97.2 Å². The van der Waals surface area contributed by atoms with Crippen molar-refractivity contribution >= 4 is 11.3 Å². The van der Waals surface area contributed by atoms with Gasteiger partial charge in [-0.3, -0.25) is 0 Å². The molecule has 0 aliphatic carbocycles. The maximum absolute atomic E-state index is 4.70. The first-order chi connectivity index (χ1) is 12.4. The van der Waals surface area contributed by atoms with Crippen LogP contribution in [0.4, 0.5) is 0 Å². The van der Waals surface area contributed by atoms with Gasteiger partial charge in [0.15, 0.2) is 0 Å². The van der Waals surface area contributed by atoms with Crippen LogP contribution >= 0.6 is 11.3 Å². The summed E-state index contributed by atoms with van der Waals surface area (Å²) < 4.78 is 0. The van der Waals surface area contributed by atoms with E-state index in [2.05, 4.69) is 84.9 Å². The molecule has 1 nitrogen and oxygen atoms in total. The molecule has 25 heavy (non-hydrogen) atoms. The maximum atomic E-state index is 4.70. The van der Waals surface area contributed by atoms with Crippen molar-refractivity contribution in [3.8, 4) is 10.4 Å². The summed E-state index contributed by atoms with van der Waals surface area (Å²) in [6, 6.07) is 31.9. The molecule has 0 radical (unpaired) electrons. The Morgan fingerprint density at radius 1 is 0.680 bits per heavy atom. The summed E-state index contributed by atoms with van der Waals surface area (Å²) in [7, 11) is 0. The molecule has 0 aliphatic rings. The van der Waals surface area contributed by atoms with Gasteiger partial charge < -0.3 is 0 Å². The van der Waals surface area contributed by atoms with Gasteiger partial charge in [-0.1, -0.05) is 91.0 Å². The lowest BCUT2D eigenvalue weighted by Gasteiger charge is -2.16. The molecule has 122 valence electrons. The lowest BCUT2D eigenvalue weighted by Crippen LogP contribution is -2.04. The molecular weight excluding hydrogens is 322 g/mol. The van der Waals surface area contributed by atoms with Gasteiger partial charge in [-0.15, -0.1) is 11.3 Å². The number of aromatic nitrogens is 1. The van der Waals surface area contributed by atoms with Gasteiger partial charge in [0.2, 0.25) is 0 Å². The van der Waals surface area contributed by atoms with E-state index in [0.29, 0.717) is 5.92 Å². The summed E-state index contributed by atoms with van der Waals surface area (Å²) in [5, 5.41) is 1.18. The Bertz CT molecular complexity index is 875. The fourth-order valence-corrected chi connectivity index (χ4v) is 4.08. The highest BCUT2D eigenvalue weighted by Gasteiger charge is 2.17. The second-order valence-electron chi connectivity index (χ2n) is 6.06. The summed E-state index contributed by atoms with van der Waals surface area (Å²) in [6.45, 7) is 0. The van der Waals surface area contributed by atoms with Crippen LogP contribution in [0.25, 0.3) is 10.4 Å². The topological polar surface area (TPSA) is 12.9 Å². The lowest BCUT2D eigenvalue weighted by atomic mass is 9.89. The standard InChI is InChI=1S/C23H19NS/c1-4-10-18(11-5-1)21(19-12-6-2-7-13-19)16-23-24-17-22(25-23)20-14-8-3-9-15-20/h1-15,17,21H,16H2. The molecule has 0 N–H and O–H groups in total. The minimum Gasteiger partial charge on any atom is -0.249 e. The monoisotopic (exact) mass is 341 g/mol. The van der Waals surface area contributed by atoms with Crippen molar-refractivity contribution in [1.82, 2.24) is 4.98 Å². The molecule has 0 aliphatic heterocycles. The third-order valence-electron chi connectivity index (χ3n) is 4.39. The van der Waals surface area contributed by atoms with Crippen molar-refractivity contribution < 1.29 is 0 Å². The molecule has 0 amide bonds. The molecule has 1 heterocycles. The van der Waals surface area contributed by atoms with Gasteiger partial charge in [0.05, 0.1) is 9.88 Å². The number of rotatable bonds is 5. The summed E-state index contributed by atoms with van der Waals surface area (Å²) in [6.07, 6.45) is 2.92. The van der Waals surface area contributed by atoms with Crippen LogP contribution in [-0.4, -0.2) is 4.98 Å². The quantitative estimate of drug-likeness (QED) is 0.422. The fraction of sp³-hybridized carbons (Fsp3) is 0.0870. The molecule has 0 saturated heterocycles. The molecule has 0 saturated carbocycles. The Balaban J connectivity index is 1.65. The van der Waals surface area contributed by atoms with Gasteiger partial charge in [0.25, 0.3) is 0 Å². The average molecular weight is 341 g/mol. The van der Waals surface area contributed by atoms with Crippen LogP contribution in [-0.2, 0) is 6.42 Å². The third-order valence-corrected chi connectivity index (χ3v) is 5.46. The minimum atomic E-state index is 0.331. The first-order valence-corrected chi connectivity index (χ1v) is 9.32. The zero-order chi connectivity index (χ0) is 16.9. The van der Waals surface area contributed by atoms with Crippen LogP contribution in [0.1, 0.15) is 22.1 Å². The predicted octanol–water partition coefficient (Wildman–Crippen LogP) is 6.18. The molecule has 0 spiro atoms. The highest BCUT2D eigenvalue weighted by molar-refractivity contribution is 7.15. The molecule has 0 unspecified atom stereocenters. The Labute approximate surface area is 152 Å².